The van der Waals surface area contributed by atoms with Gasteiger partial charge in [0.05, 0.1) is 0 Å². The molecule has 0 aliphatic carbocycles. The number of benzene rings is 1. The Balaban J connectivity index is 1.81. The second-order valence-corrected chi connectivity index (χ2v) is 5.61. The summed E-state index contributed by atoms with van der Waals surface area (Å²) in [5.41, 5.74) is 3.09. The van der Waals surface area contributed by atoms with Crippen molar-refractivity contribution in [2.45, 2.75) is 45.7 Å². The molecule has 2 rings (SSSR count). The molecule has 18 heavy (non-hydrogen) atoms. The SMILES string of the molecule is CC(C)NCCCN1CCCc2ccccc2C1. The normalized spacial score (nSPS) is 16.6. The lowest BCUT2D eigenvalue weighted by Crippen LogP contribution is -2.29. The Morgan fingerprint density at radius 1 is 1.22 bits per heavy atom. The van der Waals surface area contributed by atoms with Crippen molar-refractivity contribution in [3.63, 3.8) is 0 Å². The van der Waals surface area contributed by atoms with Crippen LogP contribution >= 0.6 is 0 Å². The van der Waals surface area contributed by atoms with Gasteiger partial charge in [0, 0.05) is 12.6 Å². The summed E-state index contributed by atoms with van der Waals surface area (Å²) in [6.45, 7) is 9.16. The van der Waals surface area contributed by atoms with Crippen molar-refractivity contribution < 1.29 is 0 Å². The number of hydrogen-bond donors (Lipinski definition) is 1. The Kier molecular flexibility index (Phi) is 5.21. The van der Waals surface area contributed by atoms with Crippen molar-refractivity contribution in [3.05, 3.63) is 35.4 Å². The number of aryl methyl sites for hydroxylation is 1. The van der Waals surface area contributed by atoms with E-state index in [1.807, 2.05) is 0 Å². The van der Waals surface area contributed by atoms with Crippen LogP contribution < -0.4 is 5.32 Å². The van der Waals surface area contributed by atoms with E-state index in [0.29, 0.717) is 6.04 Å². The molecule has 0 saturated heterocycles. The Bertz CT molecular complexity index is 360. The summed E-state index contributed by atoms with van der Waals surface area (Å²) in [6.07, 6.45) is 3.80. The van der Waals surface area contributed by atoms with E-state index in [9.17, 15) is 0 Å². The highest BCUT2D eigenvalue weighted by Gasteiger charge is 2.13. The van der Waals surface area contributed by atoms with E-state index in [4.69, 9.17) is 0 Å². The minimum absolute atomic E-state index is 0.606. The molecule has 1 heterocycles. The first-order valence-electron chi connectivity index (χ1n) is 7.28. The standard InChI is InChI=1S/C16H26N2/c1-14(2)17-10-6-12-18-11-5-9-15-7-3-4-8-16(15)13-18/h3-4,7-8,14,17H,5-6,9-13H2,1-2H3. The van der Waals surface area contributed by atoms with Crippen LogP contribution in [0.4, 0.5) is 0 Å². The van der Waals surface area contributed by atoms with Gasteiger partial charge in [0.15, 0.2) is 0 Å². The largest absolute Gasteiger partial charge is 0.314 e. The van der Waals surface area contributed by atoms with Crippen LogP contribution in [0.5, 0.6) is 0 Å². The van der Waals surface area contributed by atoms with E-state index in [2.05, 4.69) is 48.3 Å². The van der Waals surface area contributed by atoms with Crippen LogP contribution in [-0.4, -0.2) is 30.6 Å². The molecule has 1 aromatic rings. The summed E-state index contributed by atoms with van der Waals surface area (Å²) in [7, 11) is 0. The molecule has 0 bridgehead atoms. The highest BCUT2D eigenvalue weighted by Crippen LogP contribution is 2.18. The van der Waals surface area contributed by atoms with Crippen LogP contribution in [0.1, 0.15) is 37.8 Å². The monoisotopic (exact) mass is 246 g/mol. The molecular formula is C16H26N2. The summed E-state index contributed by atoms with van der Waals surface area (Å²) in [6, 6.07) is 9.53. The van der Waals surface area contributed by atoms with Gasteiger partial charge in [0.1, 0.15) is 0 Å². The zero-order chi connectivity index (χ0) is 12.8. The molecule has 0 fully saturated rings. The van der Waals surface area contributed by atoms with Gasteiger partial charge < -0.3 is 5.32 Å². The van der Waals surface area contributed by atoms with E-state index in [1.54, 1.807) is 5.56 Å². The van der Waals surface area contributed by atoms with Crippen molar-refractivity contribution in [1.82, 2.24) is 10.2 Å². The highest BCUT2D eigenvalue weighted by molar-refractivity contribution is 5.27. The quantitative estimate of drug-likeness (QED) is 0.804. The summed E-state index contributed by atoms with van der Waals surface area (Å²) in [4.78, 5) is 2.60. The molecule has 0 unspecified atom stereocenters. The van der Waals surface area contributed by atoms with E-state index in [0.717, 1.165) is 13.1 Å². The van der Waals surface area contributed by atoms with Gasteiger partial charge in [-0.2, -0.15) is 0 Å². The Labute approximate surface area is 111 Å². The maximum Gasteiger partial charge on any atom is 0.0236 e. The minimum atomic E-state index is 0.606. The number of fused-ring (bicyclic) bond motifs is 1. The number of hydrogen-bond acceptors (Lipinski definition) is 2. The number of nitrogens with one attached hydrogen (secondary N) is 1. The van der Waals surface area contributed by atoms with Crippen LogP contribution in [-0.2, 0) is 13.0 Å². The molecule has 2 heteroatoms. The Morgan fingerprint density at radius 2 is 2.00 bits per heavy atom. The number of rotatable bonds is 5. The van der Waals surface area contributed by atoms with Gasteiger partial charge in [-0.3, -0.25) is 4.90 Å². The van der Waals surface area contributed by atoms with Crippen LogP contribution in [0, 0.1) is 0 Å². The fraction of sp³-hybridized carbons (Fsp3) is 0.625. The molecule has 1 aliphatic rings. The van der Waals surface area contributed by atoms with Gasteiger partial charge in [-0.05, 0) is 50.0 Å². The molecule has 1 N–H and O–H groups in total. The van der Waals surface area contributed by atoms with Gasteiger partial charge >= 0.3 is 0 Å². The summed E-state index contributed by atoms with van der Waals surface area (Å²) in [5, 5.41) is 3.49. The minimum Gasteiger partial charge on any atom is -0.314 e. The van der Waals surface area contributed by atoms with Crippen molar-refractivity contribution >= 4 is 0 Å². The average molecular weight is 246 g/mol. The van der Waals surface area contributed by atoms with Crippen LogP contribution in [0.15, 0.2) is 24.3 Å². The van der Waals surface area contributed by atoms with Gasteiger partial charge in [-0.15, -0.1) is 0 Å². The summed E-state index contributed by atoms with van der Waals surface area (Å²) < 4.78 is 0. The van der Waals surface area contributed by atoms with E-state index < -0.39 is 0 Å². The van der Waals surface area contributed by atoms with Crippen molar-refractivity contribution in [2.75, 3.05) is 19.6 Å². The second-order valence-electron chi connectivity index (χ2n) is 5.61. The molecule has 100 valence electrons. The fourth-order valence-corrected chi connectivity index (χ4v) is 2.65. The van der Waals surface area contributed by atoms with Crippen molar-refractivity contribution in [2.24, 2.45) is 0 Å². The van der Waals surface area contributed by atoms with E-state index >= 15 is 0 Å². The van der Waals surface area contributed by atoms with E-state index in [1.165, 1.54) is 37.9 Å². The predicted octanol–water partition coefficient (Wildman–Crippen LogP) is 2.82. The Hall–Kier alpha value is -0.860. The first-order valence-corrected chi connectivity index (χ1v) is 7.28. The second kappa shape index (κ2) is 6.91. The van der Waals surface area contributed by atoms with Gasteiger partial charge in [-0.25, -0.2) is 0 Å². The zero-order valence-electron chi connectivity index (χ0n) is 11.8. The lowest BCUT2D eigenvalue weighted by molar-refractivity contribution is 0.264. The molecule has 0 saturated carbocycles. The fourth-order valence-electron chi connectivity index (χ4n) is 2.65. The predicted molar refractivity (Wildman–Crippen MR) is 77.8 cm³/mol. The van der Waals surface area contributed by atoms with Crippen molar-refractivity contribution in [1.29, 1.82) is 0 Å². The molecule has 1 aromatic carbocycles. The molecule has 0 amide bonds. The van der Waals surface area contributed by atoms with Crippen LogP contribution in [0.3, 0.4) is 0 Å². The molecule has 0 atom stereocenters. The first-order chi connectivity index (χ1) is 8.75. The van der Waals surface area contributed by atoms with Gasteiger partial charge in [0.2, 0.25) is 0 Å². The summed E-state index contributed by atoms with van der Waals surface area (Å²) >= 11 is 0. The first kappa shape index (κ1) is 13.6. The molecular weight excluding hydrogens is 220 g/mol. The third-order valence-electron chi connectivity index (χ3n) is 3.64. The Morgan fingerprint density at radius 3 is 2.78 bits per heavy atom. The molecule has 0 aromatic heterocycles. The molecule has 2 nitrogen and oxygen atoms in total. The lowest BCUT2D eigenvalue weighted by Gasteiger charge is -2.20. The van der Waals surface area contributed by atoms with Crippen LogP contribution in [0.25, 0.3) is 0 Å². The maximum absolute atomic E-state index is 3.49. The lowest BCUT2D eigenvalue weighted by atomic mass is 10.0. The average Bonchev–Trinajstić information content (AvgIpc) is 2.56. The zero-order valence-corrected chi connectivity index (χ0v) is 11.8. The van der Waals surface area contributed by atoms with Gasteiger partial charge in [0.25, 0.3) is 0 Å². The number of nitrogens with zero attached hydrogens (tertiary/aromatic N) is 1. The van der Waals surface area contributed by atoms with Crippen LogP contribution in [0.2, 0.25) is 0 Å². The topological polar surface area (TPSA) is 15.3 Å². The maximum atomic E-state index is 3.49. The molecule has 0 spiro atoms. The highest BCUT2D eigenvalue weighted by atomic mass is 15.1. The smallest absolute Gasteiger partial charge is 0.0236 e. The third kappa shape index (κ3) is 4.11. The summed E-state index contributed by atoms with van der Waals surface area (Å²) in [5.74, 6) is 0. The third-order valence-corrected chi connectivity index (χ3v) is 3.64. The van der Waals surface area contributed by atoms with Crippen molar-refractivity contribution in [3.8, 4) is 0 Å². The molecule has 1 aliphatic heterocycles. The van der Waals surface area contributed by atoms with Gasteiger partial charge in [-0.1, -0.05) is 38.1 Å². The molecule has 0 radical (unpaired) electrons. The van der Waals surface area contributed by atoms with E-state index in [-0.39, 0.29) is 0 Å².